The molecule has 0 aliphatic rings. The van der Waals surface area contributed by atoms with Crippen molar-refractivity contribution in [3.8, 4) is 0 Å². The Morgan fingerprint density at radius 2 is 2.15 bits per heavy atom. The molecule has 2 aromatic rings. The summed E-state index contributed by atoms with van der Waals surface area (Å²) in [4.78, 5) is 18.4. The van der Waals surface area contributed by atoms with E-state index in [1.54, 1.807) is 29.3 Å². The van der Waals surface area contributed by atoms with Crippen LogP contribution < -0.4 is 5.73 Å². The van der Waals surface area contributed by atoms with E-state index < -0.39 is 0 Å². The lowest BCUT2D eigenvalue weighted by molar-refractivity contribution is 0.0751. The lowest BCUT2D eigenvalue weighted by atomic mass is 10.1. The van der Waals surface area contributed by atoms with Gasteiger partial charge >= 0.3 is 0 Å². The molecule has 0 unspecified atom stereocenters. The number of nitrogens with zero attached hydrogens (tertiary/aromatic N) is 2. The van der Waals surface area contributed by atoms with Crippen molar-refractivity contribution in [2.75, 3.05) is 12.3 Å². The number of aromatic nitrogens is 1. The van der Waals surface area contributed by atoms with Crippen molar-refractivity contribution in [1.29, 1.82) is 0 Å². The van der Waals surface area contributed by atoms with Crippen molar-refractivity contribution in [3.63, 3.8) is 0 Å². The Hall–Kier alpha value is -2.07. The van der Waals surface area contributed by atoms with E-state index in [4.69, 9.17) is 17.3 Å². The summed E-state index contributed by atoms with van der Waals surface area (Å²) in [6.07, 6.45) is 1.71. The molecule has 20 heavy (non-hydrogen) atoms. The van der Waals surface area contributed by atoms with Crippen LogP contribution >= 0.6 is 11.6 Å². The molecule has 0 saturated carbocycles. The Balaban J connectivity index is 2.21. The summed E-state index contributed by atoms with van der Waals surface area (Å²) >= 11 is 6.09. The fourth-order valence-corrected chi connectivity index (χ4v) is 2.16. The average Bonchev–Trinajstić information content (AvgIpc) is 2.45. The van der Waals surface area contributed by atoms with Crippen LogP contribution in [0.4, 0.5) is 5.69 Å². The molecule has 0 radical (unpaired) electrons. The molecule has 0 spiro atoms. The van der Waals surface area contributed by atoms with Crippen molar-refractivity contribution in [2.45, 2.75) is 13.5 Å². The molecule has 104 valence electrons. The van der Waals surface area contributed by atoms with Crippen LogP contribution in [0, 0.1) is 0 Å². The summed E-state index contributed by atoms with van der Waals surface area (Å²) in [5.74, 6) is -0.122. The molecule has 0 fully saturated rings. The van der Waals surface area contributed by atoms with Gasteiger partial charge in [0.2, 0.25) is 0 Å². The summed E-state index contributed by atoms with van der Waals surface area (Å²) in [7, 11) is 0. The maximum atomic E-state index is 12.5. The predicted octanol–water partition coefficient (Wildman–Crippen LogP) is 2.98. The molecule has 1 amide bonds. The Bertz CT molecular complexity index is 601. The van der Waals surface area contributed by atoms with Crippen LogP contribution in [0.2, 0.25) is 5.02 Å². The molecule has 0 aliphatic carbocycles. The number of carbonyl (C=O) groups is 1. The van der Waals surface area contributed by atoms with E-state index in [0.717, 1.165) is 5.69 Å². The minimum absolute atomic E-state index is 0.122. The van der Waals surface area contributed by atoms with E-state index in [2.05, 4.69) is 4.98 Å². The topological polar surface area (TPSA) is 59.2 Å². The Kier molecular flexibility index (Phi) is 4.58. The summed E-state index contributed by atoms with van der Waals surface area (Å²) in [5, 5.41) is 0.370. The van der Waals surface area contributed by atoms with Gasteiger partial charge in [-0.15, -0.1) is 0 Å². The second kappa shape index (κ2) is 6.39. The van der Waals surface area contributed by atoms with E-state index in [9.17, 15) is 4.79 Å². The van der Waals surface area contributed by atoms with E-state index >= 15 is 0 Å². The van der Waals surface area contributed by atoms with E-state index in [1.165, 1.54) is 0 Å². The number of amides is 1. The zero-order valence-electron chi connectivity index (χ0n) is 11.2. The van der Waals surface area contributed by atoms with Crippen LogP contribution in [0.5, 0.6) is 0 Å². The van der Waals surface area contributed by atoms with E-state index in [1.807, 2.05) is 25.1 Å². The smallest absolute Gasteiger partial charge is 0.255 e. The maximum absolute atomic E-state index is 12.5. The predicted molar refractivity (Wildman–Crippen MR) is 80.5 cm³/mol. The second-order valence-electron chi connectivity index (χ2n) is 4.38. The molecule has 0 atom stereocenters. The molecular formula is C15H16ClN3O. The van der Waals surface area contributed by atoms with Crippen LogP contribution in [0.25, 0.3) is 0 Å². The Morgan fingerprint density at radius 1 is 1.35 bits per heavy atom. The third kappa shape index (κ3) is 3.27. The number of nitrogen functional groups attached to an aromatic ring is 1. The lowest BCUT2D eigenvalue weighted by Gasteiger charge is -2.21. The Morgan fingerprint density at radius 3 is 2.75 bits per heavy atom. The van der Waals surface area contributed by atoms with Gasteiger partial charge in [0, 0.05) is 18.4 Å². The van der Waals surface area contributed by atoms with Gasteiger partial charge in [-0.25, -0.2) is 0 Å². The number of anilines is 1. The maximum Gasteiger partial charge on any atom is 0.255 e. The normalized spacial score (nSPS) is 10.3. The zero-order chi connectivity index (χ0) is 14.5. The average molecular weight is 290 g/mol. The van der Waals surface area contributed by atoms with Crippen molar-refractivity contribution >= 4 is 23.2 Å². The molecule has 1 aromatic carbocycles. The van der Waals surface area contributed by atoms with Crippen LogP contribution in [-0.4, -0.2) is 22.3 Å². The number of carbonyl (C=O) groups excluding carboxylic acids is 1. The summed E-state index contributed by atoms with van der Waals surface area (Å²) in [5.41, 5.74) is 7.48. The molecule has 4 nitrogen and oxygen atoms in total. The van der Waals surface area contributed by atoms with Crippen molar-refractivity contribution in [1.82, 2.24) is 9.88 Å². The standard InChI is InChI=1S/C15H16ClN3O/c1-2-19(10-12-5-3-4-8-18-12)15(20)13-7-6-11(17)9-14(13)16/h3-9H,2,10,17H2,1H3. The van der Waals surface area contributed by atoms with Crippen LogP contribution in [0.3, 0.4) is 0 Å². The molecule has 0 aliphatic heterocycles. The highest BCUT2D eigenvalue weighted by Gasteiger charge is 2.17. The Labute approximate surface area is 123 Å². The van der Waals surface area contributed by atoms with Crippen LogP contribution in [0.15, 0.2) is 42.6 Å². The van der Waals surface area contributed by atoms with Gasteiger partial charge in [-0.1, -0.05) is 17.7 Å². The monoisotopic (exact) mass is 289 g/mol. The molecule has 5 heteroatoms. The molecule has 2 N–H and O–H groups in total. The number of hydrogen-bond donors (Lipinski definition) is 1. The fraction of sp³-hybridized carbons (Fsp3) is 0.200. The molecule has 2 rings (SSSR count). The quantitative estimate of drug-likeness (QED) is 0.880. The van der Waals surface area contributed by atoms with Crippen LogP contribution in [0.1, 0.15) is 23.0 Å². The first-order valence-corrected chi connectivity index (χ1v) is 6.73. The van der Waals surface area contributed by atoms with Gasteiger partial charge in [0.15, 0.2) is 0 Å². The lowest BCUT2D eigenvalue weighted by Crippen LogP contribution is -2.30. The first-order valence-electron chi connectivity index (χ1n) is 6.36. The van der Waals surface area contributed by atoms with Crippen molar-refractivity contribution < 1.29 is 4.79 Å². The number of hydrogen-bond acceptors (Lipinski definition) is 3. The van der Waals surface area contributed by atoms with Gasteiger partial charge in [0.25, 0.3) is 5.91 Å². The van der Waals surface area contributed by atoms with Gasteiger partial charge in [-0.3, -0.25) is 9.78 Å². The molecule has 1 heterocycles. The largest absolute Gasteiger partial charge is 0.399 e. The number of halogens is 1. The van der Waals surface area contributed by atoms with Gasteiger partial charge in [-0.2, -0.15) is 0 Å². The van der Waals surface area contributed by atoms with Crippen molar-refractivity contribution in [2.24, 2.45) is 0 Å². The summed E-state index contributed by atoms with van der Waals surface area (Å²) in [6, 6.07) is 10.5. The highest BCUT2D eigenvalue weighted by atomic mass is 35.5. The second-order valence-corrected chi connectivity index (χ2v) is 4.79. The molecule has 1 aromatic heterocycles. The van der Waals surface area contributed by atoms with Crippen LogP contribution in [-0.2, 0) is 6.54 Å². The van der Waals surface area contributed by atoms with Crippen molar-refractivity contribution in [3.05, 3.63) is 58.9 Å². The van der Waals surface area contributed by atoms with Gasteiger partial charge in [0.05, 0.1) is 22.8 Å². The summed E-state index contributed by atoms with van der Waals surface area (Å²) < 4.78 is 0. The number of pyridine rings is 1. The molecular weight excluding hydrogens is 274 g/mol. The highest BCUT2D eigenvalue weighted by Crippen LogP contribution is 2.21. The minimum Gasteiger partial charge on any atom is -0.399 e. The molecule has 0 bridgehead atoms. The third-order valence-electron chi connectivity index (χ3n) is 2.97. The van der Waals surface area contributed by atoms with E-state index in [0.29, 0.717) is 29.4 Å². The number of nitrogens with two attached hydrogens (primary N) is 1. The van der Waals surface area contributed by atoms with E-state index in [-0.39, 0.29) is 5.91 Å². The highest BCUT2D eigenvalue weighted by molar-refractivity contribution is 6.34. The van der Waals surface area contributed by atoms with Gasteiger partial charge in [0.1, 0.15) is 0 Å². The number of rotatable bonds is 4. The number of benzene rings is 1. The van der Waals surface area contributed by atoms with Gasteiger partial charge < -0.3 is 10.6 Å². The van der Waals surface area contributed by atoms with Gasteiger partial charge in [-0.05, 0) is 37.3 Å². The zero-order valence-corrected chi connectivity index (χ0v) is 12.0. The SMILES string of the molecule is CCN(Cc1ccccn1)C(=O)c1ccc(N)cc1Cl. The summed E-state index contributed by atoms with van der Waals surface area (Å²) in [6.45, 7) is 2.96. The fourth-order valence-electron chi connectivity index (χ4n) is 1.89. The first-order chi connectivity index (χ1) is 9.61. The minimum atomic E-state index is -0.122. The first kappa shape index (κ1) is 14.3. The third-order valence-corrected chi connectivity index (χ3v) is 3.28. The molecule has 0 saturated heterocycles.